The van der Waals surface area contributed by atoms with E-state index in [9.17, 15) is 9.90 Å². The van der Waals surface area contributed by atoms with Gasteiger partial charge < -0.3 is 26.0 Å². The number of aliphatic hydroxyl groups excluding tert-OH is 2. The molecule has 5 N–H and O–H groups in total. The number of rotatable bonds is 6. The summed E-state index contributed by atoms with van der Waals surface area (Å²) in [5.41, 5.74) is 6.09. The largest absolute Gasteiger partial charge is 0.497 e. The van der Waals surface area contributed by atoms with E-state index < -0.39 is 24.6 Å². The highest BCUT2D eigenvalue weighted by Gasteiger charge is 2.18. The molecule has 0 aliphatic rings. The second kappa shape index (κ2) is 6.95. The zero-order valence-electron chi connectivity index (χ0n) is 10.2. The first-order valence-corrected chi connectivity index (χ1v) is 5.54. The van der Waals surface area contributed by atoms with Crippen LogP contribution in [0.2, 0.25) is 0 Å². The maximum absolute atomic E-state index is 11.5. The minimum Gasteiger partial charge on any atom is -0.497 e. The second-order valence-corrected chi connectivity index (χ2v) is 3.81. The normalized spacial score (nSPS) is 13.8. The van der Waals surface area contributed by atoms with E-state index in [1.165, 1.54) is 7.11 Å². The maximum Gasteiger partial charge on any atom is 0.239 e. The molecule has 0 bridgehead atoms. The summed E-state index contributed by atoms with van der Waals surface area (Å²) in [6.45, 7) is -0.709. The minimum atomic E-state index is -0.996. The average Bonchev–Trinajstić information content (AvgIpc) is 2.43. The fourth-order valence-corrected chi connectivity index (χ4v) is 1.45. The van der Waals surface area contributed by atoms with E-state index in [0.717, 1.165) is 0 Å². The minimum absolute atomic E-state index is 0.267. The highest BCUT2D eigenvalue weighted by Crippen LogP contribution is 2.18. The predicted molar refractivity (Wildman–Crippen MR) is 66.0 cm³/mol. The molecular formula is C12H18N2O4. The Morgan fingerprint density at radius 3 is 2.72 bits per heavy atom. The summed E-state index contributed by atoms with van der Waals surface area (Å²) in [6, 6.07) is 5.42. The van der Waals surface area contributed by atoms with Crippen molar-refractivity contribution in [3.8, 4) is 5.75 Å². The van der Waals surface area contributed by atoms with Crippen molar-refractivity contribution in [2.45, 2.75) is 12.1 Å². The summed E-state index contributed by atoms with van der Waals surface area (Å²) in [5.74, 6) is 0.117. The van der Waals surface area contributed by atoms with E-state index in [1.54, 1.807) is 24.3 Å². The van der Waals surface area contributed by atoms with E-state index in [4.69, 9.17) is 15.6 Å². The van der Waals surface area contributed by atoms with Gasteiger partial charge in [0.05, 0.1) is 26.4 Å². The first-order valence-electron chi connectivity index (χ1n) is 5.54. The standard InChI is InChI=1S/C12H18N2O4/c1-18-9-4-2-3-8(5-9)11(7-16)14-12(17)10(13)6-15/h2-5,10-11,15-16H,6-7,13H2,1H3,(H,14,17)/t10-,11-/m1/s1. The Bertz CT molecular complexity index is 397. The van der Waals surface area contributed by atoms with Crippen molar-refractivity contribution in [3.05, 3.63) is 29.8 Å². The SMILES string of the molecule is COc1cccc([C@@H](CO)NC(=O)[C@H](N)CO)c1. The summed E-state index contributed by atoms with van der Waals surface area (Å²) >= 11 is 0. The van der Waals surface area contributed by atoms with Crippen LogP contribution in [-0.4, -0.2) is 42.5 Å². The van der Waals surface area contributed by atoms with Crippen LogP contribution in [0.1, 0.15) is 11.6 Å². The van der Waals surface area contributed by atoms with Crippen molar-refractivity contribution in [1.82, 2.24) is 5.32 Å². The Morgan fingerprint density at radius 2 is 2.17 bits per heavy atom. The molecule has 6 nitrogen and oxygen atoms in total. The summed E-state index contributed by atoms with van der Waals surface area (Å²) in [7, 11) is 1.54. The van der Waals surface area contributed by atoms with Gasteiger partial charge in [-0.3, -0.25) is 4.79 Å². The second-order valence-electron chi connectivity index (χ2n) is 3.81. The van der Waals surface area contributed by atoms with Gasteiger partial charge in [-0.05, 0) is 17.7 Å². The number of benzene rings is 1. The first kappa shape index (κ1) is 14.4. The lowest BCUT2D eigenvalue weighted by molar-refractivity contribution is -0.124. The Morgan fingerprint density at radius 1 is 1.44 bits per heavy atom. The predicted octanol–water partition coefficient (Wildman–Crippen LogP) is -0.836. The van der Waals surface area contributed by atoms with E-state index in [-0.39, 0.29) is 6.61 Å². The topological polar surface area (TPSA) is 105 Å². The molecule has 1 aromatic carbocycles. The number of carbonyl (C=O) groups is 1. The van der Waals surface area contributed by atoms with Crippen LogP contribution in [0.4, 0.5) is 0 Å². The molecule has 0 saturated heterocycles. The van der Waals surface area contributed by atoms with Crippen LogP contribution < -0.4 is 15.8 Å². The van der Waals surface area contributed by atoms with Crippen molar-refractivity contribution < 1.29 is 19.7 Å². The zero-order valence-corrected chi connectivity index (χ0v) is 10.2. The quantitative estimate of drug-likeness (QED) is 0.530. The summed E-state index contributed by atoms with van der Waals surface area (Å²) in [4.78, 5) is 11.5. The van der Waals surface area contributed by atoms with Crippen LogP contribution in [0.5, 0.6) is 5.75 Å². The molecule has 0 aliphatic carbocycles. The summed E-state index contributed by atoms with van der Waals surface area (Å²) in [5, 5.41) is 20.6. The van der Waals surface area contributed by atoms with Crippen molar-refractivity contribution >= 4 is 5.91 Å². The van der Waals surface area contributed by atoms with Gasteiger partial charge in [-0.1, -0.05) is 12.1 Å². The van der Waals surface area contributed by atoms with Crippen molar-refractivity contribution in [3.63, 3.8) is 0 Å². The summed E-state index contributed by atoms with van der Waals surface area (Å²) in [6.07, 6.45) is 0. The number of carbonyl (C=O) groups excluding carboxylic acids is 1. The molecule has 1 rings (SSSR count). The van der Waals surface area contributed by atoms with Gasteiger partial charge >= 0.3 is 0 Å². The van der Waals surface area contributed by atoms with Gasteiger partial charge in [0.2, 0.25) is 5.91 Å². The third kappa shape index (κ3) is 3.69. The van der Waals surface area contributed by atoms with Crippen molar-refractivity contribution in [2.75, 3.05) is 20.3 Å². The summed E-state index contributed by atoms with van der Waals surface area (Å²) < 4.78 is 5.06. The molecule has 0 fully saturated rings. The van der Waals surface area contributed by atoms with Crippen molar-refractivity contribution in [1.29, 1.82) is 0 Å². The highest BCUT2D eigenvalue weighted by atomic mass is 16.5. The molecule has 0 spiro atoms. The lowest BCUT2D eigenvalue weighted by atomic mass is 10.1. The lowest BCUT2D eigenvalue weighted by Gasteiger charge is -2.19. The molecule has 0 aliphatic heterocycles. The number of amides is 1. The molecule has 0 unspecified atom stereocenters. The molecular weight excluding hydrogens is 236 g/mol. The van der Waals surface area contributed by atoms with E-state index in [0.29, 0.717) is 11.3 Å². The van der Waals surface area contributed by atoms with Gasteiger partial charge in [0, 0.05) is 0 Å². The molecule has 1 aromatic rings. The maximum atomic E-state index is 11.5. The average molecular weight is 254 g/mol. The molecule has 1 amide bonds. The van der Waals surface area contributed by atoms with Crippen LogP contribution in [0.15, 0.2) is 24.3 Å². The van der Waals surface area contributed by atoms with Crippen molar-refractivity contribution in [2.24, 2.45) is 5.73 Å². The van der Waals surface area contributed by atoms with Gasteiger partial charge in [-0.25, -0.2) is 0 Å². The number of hydrogen-bond acceptors (Lipinski definition) is 5. The molecule has 6 heteroatoms. The van der Waals surface area contributed by atoms with Crippen LogP contribution in [-0.2, 0) is 4.79 Å². The van der Waals surface area contributed by atoms with Gasteiger partial charge in [0.15, 0.2) is 0 Å². The van der Waals surface area contributed by atoms with Gasteiger partial charge in [0.25, 0.3) is 0 Å². The van der Waals surface area contributed by atoms with Crippen LogP contribution >= 0.6 is 0 Å². The van der Waals surface area contributed by atoms with Gasteiger partial charge in [0.1, 0.15) is 11.8 Å². The Hall–Kier alpha value is -1.63. The zero-order chi connectivity index (χ0) is 13.5. The molecule has 0 radical (unpaired) electrons. The number of nitrogens with two attached hydrogens (primary N) is 1. The molecule has 18 heavy (non-hydrogen) atoms. The molecule has 100 valence electrons. The van der Waals surface area contributed by atoms with E-state index in [2.05, 4.69) is 5.32 Å². The van der Waals surface area contributed by atoms with Crippen LogP contribution in [0, 0.1) is 0 Å². The smallest absolute Gasteiger partial charge is 0.239 e. The Labute approximate surface area is 105 Å². The number of ether oxygens (including phenoxy) is 1. The Balaban J connectivity index is 2.79. The van der Waals surface area contributed by atoms with E-state index in [1.807, 2.05) is 0 Å². The number of hydrogen-bond donors (Lipinski definition) is 4. The number of nitrogens with one attached hydrogen (secondary N) is 1. The molecule has 0 saturated carbocycles. The van der Waals surface area contributed by atoms with Gasteiger partial charge in [-0.2, -0.15) is 0 Å². The van der Waals surface area contributed by atoms with Crippen LogP contribution in [0.3, 0.4) is 0 Å². The molecule has 0 aromatic heterocycles. The number of aliphatic hydroxyl groups is 2. The lowest BCUT2D eigenvalue weighted by Crippen LogP contribution is -2.45. The molecule has 0 heterocycles. The number of methoxy groups -OCH3 is 1. The van der Waals surface area contributed by atoms with E-state index >= 15 is 0 Å². The fourth-order valence-electron chi connectivity index (χ4n) is 1.45. The monoisotopic (exact) mass is 254 g/mol. The van der Waals surface area contributed by atoms with Gasteiger partial charge in [-0.15, -0.1) is 0 Å². The third-order valence-electron chi connectivity index (χ3n) is 2.53. The molecule has 2 atom stereocenters. The third-order valence-corrected chi connectivity index (χ3v) is 2.53. The highest BCUT2D eigenvalue weighted by molar-refractivity contribution is 5.82. The fraction of sp³-hybridized carbons (Fsp3) is 0.417. The first-order chi connectivity index (χ1) is 8.62. The Kier molecular flexibility index (Phi) is 5.57. The van der Waals surface area contributed by atoms with Crippen LogP contribution in [0.25, 0.3) is 0 Å².